The van der Waals surface area contributed by atoms with E-state index in [0.717, 1.165) is 19.3 Å². The molecule has 2 nitrogen and oxygen atoms in total. The second-order valence-corrected chi connectivity index (χ2v) is 3.07. The molecule has 2 heteroatoms. The first-order valence-corrected chi connectivity index (χ1v) is 3.89. The number of Topliss-reactive ketones (excluding diaryl/α,β-unsaturated/α-hetero) is 1. The van der Waals surface area contributed by atoms with Crippen LogP contribution >= 0.6 is 0 Å². The van der Waals surface area contributed by atoms with Gasteiger partial charge in [0, 0.05) is 18.9 Å². The number of hydrogen-bond acceptors (Lipinski definition) is 2. The Labute approximate surface area is 61.2 Å². The summed E-state index contributed by atoms with van der Waals surface area (Å²) in [6.45, 7) is 2.19. The lowest BCUT2D eigenvalue weighted by atomic mass is 9.95. The van der Waals surface area contributed by atoms with E-state index in [-0.39, 0.29) is 12.5 Å². The minimum Gasteiger partial charge on any atom is -0.396 e. The highest BCUT2D eigenvalue weighted by Gasteiger charge is 2.29. The summed E-state index contributed by atoms with van der Waals surface area (Å²) in [4.78, 5) is 11.0. The van der Waals surface area contributed by atoms with Crippen LogP contribution in [-0.4, -0.2) is 17.5 Å². The van der Waals surface area contributed by atoms with Crippen LogP contribution in [0.1, 0.15) is 26.2 Å². The Balaban J connectivity index is 2.41. The molecule has 0 radical (unpaired) electrons. The maximum Gasteiger partial charge on any atom is 0.135 e. The third-order valence-electron chi connectivity index (χ3n) is 2.48. The Bertz CT molecular complexity index is 131. The first kappa shape index (κ1) is 7.73. The molecule has 1 aliphatic rings. The number of ketones is 1. The van der Waals surface area contributed by atoms with Crippen molar-refractivity contribution in [3.05, 3.63) is 0 Å². The summed E-state index contributed by atoms with van der Waals surface area (Å²) in [5.74, 6) is 1.03. The van der Waals surface area contributed by atoms with E-state index in [1.54, 1.807) is 0 Å². The highest BCUT2D eigenvalue weighted by atomic mass is 16.3. The molecule has 0 aliphatic heterocycles. The van der Waals surface area contributed by atoms with Gasteiger partial charge in [0.1, 0.15) is 5.78 Å². The number of carbonyl (C=O) groups is 1. The summed E-state index contributed by atoms with van der Waals surface area (Å²) in [5, 5.41) is 8.62. The van der Waals surface area contributed by atoms with Crippen molar-refractivity contribution in [2.24, 2.45) is 11.8 Å². The lowest BCUT2D eigenvalue weighted by molar-refractivity contribution is -0.120. The zero-order chi connectivity index (χ0) is 7.56. The molecular weight excluding hydrogens is 128 g/mol. The van der Waals surface area contributed by atoms with Gasteiger partial charge >= 0.3 is 0 Å². The molecule has 0 aromatic carbocycles. The van der Waals surface area contributed by atoms with Gasteiger partial charge in [0.05, 0.1) is 0 Å². The average Bonchev–Trinajstić information content (AvgIpc) is 2.20. The minimum absolute atomic E-state index is 0.201. The number of hydrogen-bond donors (Lipinski definition) is 1. The fourth-order valence-electron chi connectivity index (χ4n) is 1.63. The zero-order valence-corrected chi connectivity index (χ0v) is 6.34. The fourth-order valence-corrected chi connectivity index (χ4v) is 1.63. The Morgan fingerprint density at radius 2 is 2.40 bits per heavy atom. The summed E-state index contributed by atoms with van der Waals surface area (Å²) in [6.07, 6.45) is 2.51. The Morgan fingerprint density at radius 3 is 2.80 bits per heavy atom. The number of aliphatic hydroxyl groups is 1. The van der Waals surface area contributed by atoms with Crippen LogP contribution in [0.4, 0.5) is 0 Å². The number of carbonyl (C=O) groups excluding carboxylic acids is 1. The van der Waals surface area contributed by atoms with E-state index in [9.17, 15) is 4.79 Å². The first-order chi connectivity index (χ1) is 4.75. The normalized spacial score (nSPS) is 33.2. The quantitative estimate of drug-likeness (QED) is 0.624. The molecule has 2 unspecified atom stereocenters. The maximum absolute atomic E-state index is 11.0. The van der Waals surface area contributed by atoms with Gasteiger partial charge in [-0.15, -0.1) is 0 Å². The molecule has 58 valence electrons. The van der Waals surface area contributed by atoms with Gasteiger partial charge in [0.25, 0.3) is 0 Å². The molecule has 2 atom stereocenters. The van der Waals surface area contributed by atoms with Crippen LogP contribution in [0, 0.1) is 11.8 Å². The lowest BCUT2D eigenvalue weighted by Gasteiger charge is -2.10. The van der Waals surface area contributed by atoms with Gasteiger partial charge in [-0.05, 0) is 18.8 Å². The molecule has 10 heavy (non-hydrogen) atoms. The van der Waals surface area contributed by atoms with E-state index in [1.165, 1.54) is 0 Å². The Morgan fingerprint density at radius 1 is 1.70 bits per heavy atom. The van der Waals surface area contributed by atoms with Crippen LogP contribution in [0.25, 0.3) is 0 Å². The zero-order valence-electron chi connectivity index (χ0n) is 6.34. The predicted octanol–water partition coefficient (Wildman–Crippen LogP) is 0.984. The highest BCUT2D eigenvalue weighted by Crippen LogP contribution is 2.30. The molecule has 0 bridgehead atoms. The van der Waals surface area contributed by atoms with E-state index in [4.69, 9.17) is 5.11 Å². The Kier molecular flexibility index (Phi) is 2.44. The van der Waals surface area contributed by atoms with Gasteiger partial charge in [-0.3, -0.25) is 4.79 Å². The monoisotopic (exact) mass is 142 g/mol. The number of aliphatic hydroxyl groups excluding tert-OH is 1. The van der Waals surface area contributed by atoms with Crippen molar-refractivity contribution < 1.29 is 9.90 Å². The van der Waals surface area contributed by atoms with Gasteiger partial charge < -0.3 is 5.11 Å². The van der Waals surface area contributed by atoms with Crippen molar-refractivity contribution in [3.8, 4) is 0 Å². The van der Waals surface area contributed by atoms with Crippen LogP contribution in [0.2, 0.25) is 0 Å². The van der Waals surface area contributed by atoms with Crippen molar-refractivity contribution in [1.82, 2.24) is 0 Å². The van der Waals surface area contributed by atoms with Crippen LogP contribution < -0.4 is 0 Å². The molecule has 1 saturated carbocycles. The Hall–Kier alpha value is -0.370. The van der Waals surface area contributed by atoms with E-state index in [0.29, 0.717) is 11.7 Å². The minimum atomic E-state index is 0.201. The van der Waals surface area contributed by atoms with Crippen LogP contribution in [0.5, 0.6) is 0 Å². The summed E-state index contributed by atoms with van der Waals surface area (Å²) in [7, 11) is 0. The van der Waals surface area contributed by atoms with Crippen molar-refractivity contribution in [2.75, 3.05) is 6.61 Å². The smallest absolute Gasteiger partial charge is 0.135 e. The average molecular weight is 142 g/mol. The van der Waals surface area contributed by atoms with Gasteiger partial charge in [-0.25, -0.2) is 0 Å². The predicted molar refractivity (Wildman–Crippen MR) is 38.6 cm³/mol. The summed E-state index contributed by atoms with van der Waals surface area (Å²) in [6, 6.07) is 0. The topological polar surface area (TPSA) is 37.3 Å². The van der Waals surface area contributed by atoms with Crippen LogP contribution in [0.3, 0.4) is 0 Å². The van der Waals surface area contributed by atoms with E-state index >= 15 is 0 Å². The van der Waals surface area contributed by atoms with E-state index in [1.807, 2.05) is 6.92 Å². The second-order valence-electron chi connectivity index (χ2n) is 3.07. The van der Waals surface area contributed by atoms with Crippen LogP contribution in [-0.2, 0) is 4.79 Å². The molecule has 0 aromatic rings. The molecule has 0 amide bonds. The molecular formula is C8H14O2. The lowest BCUT2D eigenvalue weighted by Crippen LogP contribution is -2.11. The third kappa shape index (κ3) is 1.37. The summed E-state index contributed by atoms with van der Waals surface area (Å²) < 4.78 is 0. The second kappa shape index (κ2) is 3.15. The van der Waals surface area contributed by atoms with Crippen molar-refractivity contribution in [2.45, 2.75) is 26.2 Å². The van der Waals surface area contributed by atoms with E-state index < -0.39 is 0 Å². The SMILES string of the molecule is CC1C(=O)CCC1CCO. The summed E-state index contributed by atoms with van der Waals surface area (Å²) >= 11 is 0. The van der Waals surface area contributed by atoms with Crippen LogP contribution in [0.15, 0.2) is 0 Å². The standard InChI is InChI=1S/C8H14O2/c1-6-7(4-5-9)2-3-8(6)10/h6-7,9H,2-5H2,1H3. The fraction of sp³-hybridized carbons (Fsp3) is 0.875. The molecule has 1 rings (SSSR count). The van der Waals surface area contributed by atoms with E-state index in [2.05, 4.69) is 0 Å². The van der Waals surface area contributed by atoms with Crippen molar-refractivity contribution >= 4 is 5.78 Å². The number of rotatable bonds is 2. The molecule has 0 saturated heterocycles. The van der Waals surface area contributed by atoms with Crippen molar-refractivity contribution in [1.29, 1.82) is 0 Å². The molecule has 0 heterocycles. The highest BCUT2D eigenvalue weighted by molar-refractivity contribution is 5.82. The summed E-state index contributed by atoms with van der Waals surface area (Å²) in [5.41, 5.74) is 0. The molecule has 1 N–H and O–H groups in total. The molecule has 1 aliphatic carbocycles. The van der Waals surface area contributed by atoms with Gasteiger partial charge in [-0.1, -0.05) is 6.92 Å². The van der Waals surface area contributed by atoms with Gasteiger partial charge in [0.2, 0.25) is 0 Å². The van der Waals surface area contributed by atoms with Crippen molar-refractivity contribution in [3.63, 3.8) is 0 Å². The molecule has 1 fully saturated rings. The van der Waals surface area contributed by atoms with Gasteiger partial charge in [0.15, 0.2) is 0 Å². The van der Waals surface area contributed by atoms with Gasteiger partial charge in [-0.2, -0.15) is 0 Å². The molecule has 0 aromatic heterocycles. The first-order valence-electron chi connectivity index (χ1n) is 3.89. The molecule has 0 spiro atoms. The third-order valence-corrected chi connectivity index (χ3v) is 2.48. The largest absolute Gasteiger partial charge is 0.396 e. The maximum atomic E-state index is 11.0.